The third-order valence-corrected chi connectivity index (χ3v) is 3.37. The molecule has 10 heteroatoms. The van der Waals surface area contributed by atoms with Crippen LogP contribution in [-0.4, -0.2) is 49.1 Å². The Morgan fingerprint density at radius 2 is 1.80 bits per heavy atom. The molecule has 0 aromatic carbocycles. The highest BCUT2D eigenvalue weighted by Crippen LogP contribution is 2.33. The third-order valence-electron chi connectivity index (χ3n) is 3.37. The van der Waals surface area contributed by atoms with E-state index >= 15 is 0 Å². The van der Waals surface area contributed by atoms with Gasteiger partial charge in [0.2, 0.25) is 6.29 Å². The zero-order valence-electron chi connectivity index (χ0n) is 14.4. The number of hydrogen-bond donors (Lipinski definition) is 0. The van der Waals surface area contributed by atoms with Crippen LogP contribution in [0.2, 0.25) is 0 Å². The first-order valence-electron chi connectivity index (χ1n) is 7.60. The van der Waals surface area contributed by atoms with Crippen LogP contribution in [-0.2, 0) is 33.3 Å². The normalized spacial score (nSPS) is 28.7. The first-order valence-corrected chi connectivity index (χ1v) is 7.60. The largest absolute Gasteiger partial charge is 0.463 e. The number of esters is 3. The highest BCUT2D eigenvalue weighted by molar-refractivity contribution is 5.67. The topological polar surface area (TPSA) is 137 Å². The minimum atomic E-state index is -1.28. The van der Waals surface area contributed by atoms with Crippen molar-refractivity contribution in [3.05, 3.63) is 22.6 Å². The summed E-state index contributed by atoms with van der Waals surface area (Å²) in [6.45, 7) is 5.20. The maximum Gasteiger partial charge on any atom is 0.304 e. The molecule has 0 saturated carbocycles. The van der Waals surface area contributed by atoms with E-state index in [2.05, 4.69) is 10.0 Å². The van der Waals surface area contributed by atoms with Crippen LogP contribution < -0.4 is 0 Å². The molecule has 1 fully saturated rings. The molecule has 1 rings (SSSR count). The molecule has 0 aliphatic carbocycles. The lowest BCUT2D eigenvalue weighted by Gasteiger charge is -2.42. The number of carbonyl (C=O) groups excluding carboxylic acids is 3. The van der Waals surface area contributed by atoms with E-state index < -0.39 is 48.4 Å². The second-order valence-electron chi connectivity index (χ2n) is 5.33. The van der Waals surface area contributed by atoms with E-state index in [-0.39, 0.29) is 6.61 Å². The fourth-order valence-corrected chi connectivity index (χ4v) is 2.52. The van der Waals surface area contributed by atoms with Crippen molar-refractivity contribution in [2.24, 2.45) is 11.0 Å². The van der Waals surface area contributed by atoms with Gasteiger partial charge in [0.1, 0.15) is 24.9 Å². The first-order chi connectivity index (χ1) is 11.8. The van der Waals surface area contributed by atoms with Crippen molar-refractivity contribution in [2.45, 2.75) is 52.2 Å². The van der Waals surface area contributed by atoms with Gasteiger partial charge in [0, 0.05) is 31.6 Å². The molecule has 0 N–H and O–H groups in total. The third kappa shape index (κ3) is 6.09. The van der Waals surface area contributed by atoms with Crippen LogP contribution in [0.3, 0.4) is 0 Å². The van der Waals surface area contributed by atoms with Crippen molar-refractivity contribution in [1.29, 1.82) is 0 Å². The van der Waals surface area contributed by atoms with Gasteiger partial charge < -0.3 is 18.9 Å². The number of nitrogens with zero attached hydrogens (tertiary/aromatic N) is 3. The Morgan fingerprint density at radius 3 is 2.28 bits per heavy atom. The zero-order chi connectivity index (χ0) is 19.0. The smallest absolute Gasteiger partial charge is 0.304 e. The summed E-state index contributed by atoms with van der Waals surface area (Å²) in [4.78, 5) is 36.6. The van der Waals surface area contributed by atoms with E-state index in [0.717, 1.165) is 6.92 Å². The highest BCUT2D eigenvalue weighted by Gasteiger charge is 2.48. The van der Waals surface area contributed by atoms with Crippen LogP contribution in [0, 0.1) is 5.92 Å². The number of hydrogen-bond acceptors (Lipinski definition) is 8. The van der Waals surface area contributed by atoms with Gasteiger partial charge in [-0.2, -0.15) is 0 Å². The molecule has 25 heavy (non-hydrogen) atoms. The number of allylic oxidation sites excluding steroid dienone is 1. The Balaban J connectivity index is 3.25. The number of carbonyl (C=O) groups is 3. The van der Waals surface area contributed by atoms with Gasteiger partial charge in [-0.05, 0) is 12.5 Å². The van der Waals surface area contributed by atoms with Gasteiger partial charge in [0.25, 0.3) is 0 Å². The summed E-state index contributed by atoms with van der Waals surface area (Å²) in [6.07, 6.45) is 0.387. The molecule has 0 amide bonds. The molecular formula is C15H21N3O7. The zero-order valence-corrected chi connectivity index (χ0v) is 14.4. The summed E-state index contributed by atoms with van der Waals surface area (Å²) in [5.41, 5.74) is 8.81. The number of ether oxygens (including phenoxy) is 4. The molecule has 10 nitrogen and oxygen atoms in total. The maximum absolute atomic E-state index is 11.5. The van der Waals surface area contributed by atoms with Gasteiger partial charge in [-0.15, -0.1) is 0 Å². The predicted molar refractivity (Wildman–Crippen MR) is 83.9 cm³/mol. The molecule has 1 aliphatic heterocycles. The monoisotopic (exact) mass is 355 g/mol. The Hall–Kier alpha value is -2.58. The molecule has 0 aromatic heterocycles. The van der Waals surface area contributed by atoms with Crippen molar-refractivity contribution in [3.63, 3.8) is 0 Å². The lowest BCUT2D eigenvalue weighted by molar-refractivity contribution is -0.244. The van der Waals surface area contributed by atoms with Gasteiger partial charge in [0.15, 0.2) is 0 Å². The molecule has 1 saturated heterocycles. The van der Waals surface area contributed by atoms with E-state index in [1.165, 1.54) is 13.8 Å². The minimum Gasteiger partial charge on any atom is -0.463 e. The lowest BCUT2D eigenvalue weighted by atomic mass is 9.87. The lowest BCUT2D eigenvalue weighted by Crippen LogP contribution is -2.56. The highest BCUT2D eigenvalue weighted by atomic mass is 16.7. The SMILES string of the molecule is CC=C[C@@H]1C(COC(C)=O)OC(OC(C)=O)C(N=[N+]=[N-])[C@@H]1OC(C)=O. The fraction of sp³-hybridized carbons (Fsp3) is 0.667. The van der Waals surface area contributed by atoms with Gasteiger partial charge in [-0.3, -0.25) is 14.4 Å². The molecule has 1 aliphatic rings. The molecule has 138 valence electrons. The van der Waals surface area contributed by atoms with E-state index in [1.807, 2.05) is 0 Å². The Morgan fingerprint density at radius 1 is 1.16 bits per heavy atom. The number of rotatable bonds is 6. The van der Waals surface area contributed by atoms with Crippen LogP contribution in [0.25, 0.3) is 10.4 Å². The van der Waals surface area contributed by atoms with Gasteiger partial charge >= 0.3 is 17.9 Å². The van der Waals surface area contributed by atoms with Crippen molar-refractivity contribution in [1.82, 2.24) is 0 Å². The van der Waals surface area contributed by atoms with Gasteiger partial charge in [-0.1, -0.05) is 17.3 Å². The molecular weight excluding hydrogens is 334 g/mol. The maximum atomic E-state index is 11.5. The number of azide groups is 1. The van der Waals surface area contributed by atoms with Crippen molar-refractivity contribution in [3.8, 4) is 0 Å². The van der Waals surface area contributed by atoms with E-state index in [1.54, 1.807) is 19.1 Å². The average molecular weight is 355 g/mol. The summed E-state index contributed by atoms with van der Waals surface area (Å²) in [7, 11) is 0. The summed E-state index contributed by atoms with van der Waals surface area (Å²) in [6, 6.07) is -1.09. The Labute approximate surface area is 144 Å². The molecule has 0 aromatic rings. The van der Waals surface area contributed by atoms with Crippen molar-refractivity contribution < 1.29 is 33.3 Å². The second-order valence-corrected chi connectivity index (χ2v) is 5.33. The van der Waals surface area contributed by atoms with Crippen LogP contribution in [0.1, 0.15) is 27.7 Å². The van der Waals surface area contributed by atoms with Gasteiger partial charge in [-0.25, -0.2) is 0 Å². The van der Waals surface area contributed by atoms with Crippen LogP contribution in [0.4, 0.5) is 0 Å². The molecule has 3 unspecified atom stereocenters. The molecule has 0 radical (unpaired) electrons. The fourth-order valence-electron chi connectivity index (χ4n) is 2.52. The Kier molecular flexibility index (Phi) is 7.90. The van der Waals surface area contributed by atoms with E-state index in [0.29, 0.717) is 0 Å². The molecule has 1 heterocycles. The Bertz CT molecular complexity index is 586. The van der Waals surface area contributed by atoms with E-state index in [9.17, 15) is 14.4 Å². The van der Waals surface area contributed by atoms with Crippen molar-refractivity contribution in [2.75, 3.05) is 6.61 Å². The predicted octanol–water partition coefficient (Wildman–Crippen LogP) is 1.64. The summed E-state index contributed by atoms with van der Waals surface area (Å²) < 4.78 is 21.0. The van der Waals surface area contributed by atoms with Crippen molar-refractivity contribution >= 4 is 17.9 Å². The molecule has 0 spiro atoms. The molecule has 0 bridgehead atoms. The average Bonchev–Trinajstić information content (AvgIpc) is 2.50. The van der Waals surface area contributed by atoms with Crippen LogP contribution in [0.5, 0.6) is 0 Å². The van der Waals surface area contributed by atoms with Gasteiger partial charge in [0.05, 0.1) is 0 Å². The quantitative estimate of drug-likeness (QED) is 0.176. The van der Waals surface area contributed by atoms with E-state index in [4.69, 9.17) is 24.5 Å². The summed E-state index contributed by atoms with van der Waals surface area (Å²) in [5, 5.41) is 3.57. The standard InChI is InChI=1S/C15H21N3O7/c1-5-6-11-12(7-22-8(2)19)25-15(24-10(4)21)13(17-18-16)14(11)23-9(3)20/h5-6,11-15H,7H2,1-4H3/t11-,12?,13?,14-,15?/m1/s1. The summed E-state index contributed by atoms with van der Waals surface area (Å²) in [5.74, 6) is -2.36. The van der Waals surface area contributed by atoms with Crippen LogP contribution >= 0.6 is 0 Å². The summed E-state index contributed by atoms with van der Waals surface area (Å²) >= 11 is 0. The minimum absolute atomic E-state index is 0.150. The molecule has 5 atom stereocenters. The first kappa shape index (κ1) is 20.5. The van der Waals surface area contributed by atoms with Crippen LogP contribution in [0.15, 0.2) is 17.3 Å². The second kappa shape index (κ2) is 9.65.